The van der Waals surface area contributed by atoms with Gasteiger partial charge in [0.1, 0.15) is 0 Å². The standard InChI is InChI=1S/C16H17BrN2O2/c1-3-15(12-5-4-6-14(9-12)19(20)21)18-16-10-13(17)8-7-11(16)2/h4-10,15,18H,3H2,1-2H3. The van der Waals surface area contributed by atoms with Gasteiger partial charge in [0.05, 0.1) is 11.0 Å². The van der Waals surface area contributed by atoms with Crippen molar-refractivity contribution in [1.82, 2.24) is 0 Å². The molecular formula is C16H17BrN2O2. The lowest BCUT2D eigenvalue weighted by molar-refractivity contribution is -0.384. The molecule has 0 heterocycles. The summed E-state index contributed by atoms with van der Waals surface area (Å²) in [4.78, 5) is 10.5. The highest BCUT2D eigenvalue weighted by Gasteiger charge is 2.14. The molecular weight excluding hydrogens is 332 g/mol. The molecule has 0 spiro atoms. The van der Waals surface area contributed by atoms with Crippen molar-refractivity contribution in [3.63, 3.8) is 0 Å². The zero-order chi connectivity index (χ0) is 15.4. The van der Waals surface area contributed by atoms with Gasteiger partial charge >= 0.3 is 0 Å². The summed E-state index contributed by atoms with van der Waals surface area (Å²) in [5.74, 6) is 0. The van der Waals surface area contributed by atoms with Crippen molar-refractivity contribution < 1.29 is 4.92 Å². The molecule has 0 bridgehead atoms. The molecule has 0 aliphatic carbocycles. The van der Waals surface area contributed by atoms with Crippen LogP contribution in [0, 0.1) is 17.0 Å². The summed E-state index contributed by atoms with van der Waals surface area (Å²) in [7, 11) is 0. The molecule has 0 aliphatic rings. The van der Waals surface area contributed by atoms with Gasteiger partial charge in [0.25, 0.3) is 5.69 Å². The predicted octanol–water partition coefficient (Wildman–Crippen LogP) is 5.23. The van der Waals surface area contributed by atoms with Gasteiger partial charge in [-0.2, -0.15) is 0 Å². The number of nitrogens with one attached hydrogen (secondary N) is 1. The number of anilines is 1. The maximum atomic E-state index is 10.9. The van der Waals surface area contributed by atoms with E-state index in [4.69, 9.17) is 0 Å². The molecule has 0 saturated heterocycles. The van der Waals surface area contributed by atoms with Crippen LogP contribution in [0.4, 0.5) is 11.4 Å². The predicted molar refractivity (Wildman–Crippen MR) is 88.6 cm³/mol. The summed E-state index contributed by atoms with van der Waals surface area (Å²) in [6.45, 7) is 4.10. The first kappa shape index (κ1) is 15.5. The second kappa shape index (κ2) is 6.72. The van der Waals surface area contributed by atoms with E-state index >= 15 is 0 Å². The van der Waals surface area contributed by atoms with Gasteiger partial charge in [-0.05, 0) is 36.6 Å². The number of aryl methyl sites for hydroxylation is 1. The average molecular weight is 349 g/mol. The van der Waals surface area contributed by atoms with Crippen LogP contribution >= 0.6 is 15.9 Å². The van der Waals surface area contributed by atoms with Crippen LogP contribution in [0.2, 0.25) is 0 Å². The number of nitro groups is 1. The first-order chi connectivity index (χ1) is 10.0. The Labute approximate surface area is 132 Å². The van der Waals surface area contributed by atoms with Crippen molar-refractivity contribution >= 4 is 27.3 Å². The number of rotatable bonds is 5. The molecule has 1 N–H and O–H groups in total. The van der Waals surface area contributed by atoms with Gasteiger partial charge in [-0.3, -0.25) is 10.1 Å². The summed E-state index contributed by atoms with van der Waals surface area (Å²) in [6.07, 6.45) is 0.840. The Morgan fingerprint density at radius 3 is 2.71 bits per heavy atom. The summed E-state index contributed by atoms with van der Waals surface area (Å²) < 4.78 is 1.00. The molecule has 1 unspecified atom stereocenters. The zero-order valence-electron chi connectivity index (χ0n) is 12.0. The van der Waals surface area contributed by atoms with Crippen LogP contribution < -0.4 is 5.32 Å². The lowest BCUT2D eigenvalue weighted by Gasteiger charge is -2.20. The third kappa shape index (κ3) is 3.82. The molecule has 0 aliphatic heterocycles. The topological polar surface area (TPSA) is 55.2 Å². The van der Waals surface area contributed by atoms with E-state index in [1.807, 2.05) is 31.2 Å². The molecule has 21 heavy (non-hydrogen) atoms. The highest BCUT2D eigenvalue weighted by Crippen LogP contribution is 2.28. The van der Waals surface area contributed by atoms with Crippen molar-refractivity contribution in [3.8, 4) is 0 Å². The van der Waals surface area contributed by atoms with E-state index in [0.717, 1.165) is 27.7 Å². The largest absolute Gasteiger partial charge is 0.378 e. The van der Waals surface area contributed by atoms with E-state index in [0.29, 0.717) is 0 Å². The lowest BCUT2D eigenvalue weighted by Crippen LogP contribution is -2.10. The molecule has 0 amide bonds. The third-order valence-electron chi connectivity index (χ3n) is 3.42. The summed E-state index contributed by atoms with van der Waals surface area (Å²) in [6, 6.07) is 12.9. The van der Waals surface area contributed by atoms with Gasteiger partial charge in [0, 0.05) is 22.3 Å². The van der Waals surface area contributed by atoms with Crippen molar-refractivity contribution in [3.05, 3.63) is 68.2 Å². The zero-order valence-corrected chi connectivity index (χ0v) is 13.6. The molecule has 2 aromatic carbocycles. The van der Waals surface area contributed by atoms with Gasteiger partial charge in [0.15, 0.2) is 0 Å². The summed E-state index contributed by atoms with van der Waals surface area (Å²) in [5.41, 5.74) is 3.22. The fraction of sp³-hybridized carbons (Fsp3) is 0.250. The smallest absolute Gasteiger partial charge is 0.269 e. The minimum Gasteiger partial charge on any atom is -0.378 e. The molecule has 5 heteroatoms. The Morgan fingerprint density at radius 2 is 2.05 bits per heavy atom. The Hall–Kier alpha value is -1.88. The van der Waals surface area contributed by atoms with Gasteiger partial charge in [0.2, 0.25) is 0 Å². The van der Waals surface area contributed by atoms with E-state index < -0.39 is 0 Å². The summed E-state index contributed by atoms with van der Waals surface area (Å²) in [5, 5.41) is 14.4. The van der Waals surface area contributed by atoms with E-state index in [-0.39, 0.29) is 16.7 Å². The van der Waals surface area contributed by atoms with Crippen LogP contribution in [0.15, 0.2) is 46.9 Å². The molecule has 110 valence electrons. The Balaban J connectivity index is 2.29. The fourth-order valence-corrected chi connectivity index (χ4v) is 2.57. The molecule has 0 aromatic heterocycles. The highest BCUT2D eigenvalue weighted by molar-refractivity contribution is 9.10. The van der Waals surface area contributed by atoms with Crippen molar-refractivity contribution in [1.29, 1.82) is 0 Å². The average Bonchev–Trinajstić information content (AvgIpc) is 2.48. The molecule has 4 nitrogen and oxygen atoms in total. The Kier molecular flexibility index (Phi) is 4.96. The molecule has 2 rings (SSSR count). The van der Waals surface area contributed by atoms with Crippen molar-refractivity contribution in [2.45, 2.75) is 26.3 Å². The summed E-state index contributed by atoms with van der Waals surface area (Å²) >= 11 is 3.47. The first-order valence-corrected chi connectivity index (χ1v) is 7.57. The van der Waals surface area contributed by atoms with E-state index in [9.17, 15) is 10.1 Å². The van der Waals surface area contributed by atoms with E-state index in [1.54, 1.807) is 12.1 Å². The van der Waals surface area contributed by atoms with Gasteiger partial charge < -0.3 is 5.32 Å². The van der Waals surface area contributed by atoms with Crippen LogP contribution in [-0.2, 0) is 0 Å². The molecule has 0 radical (unpaired) electrons. The lowest BCUT2D eigenvalue weighted by atomic mass is 10.0. The van der Waals surface area contributed by atoms with E-state index in [1.165, 1.54) is 6.07 Å². The number of hydrogen-bond donors (Lipinski definition) is 1. The van der Waals surface area contributed by atoms with E-state index in [2.05, 4.69) is 28.2 Å². The number of hydrogen-bond acceptors (Lipinski definition) is 3. The Bertz CT molecular complexity index is 658. The van der Waals surface area contributed by atoms with Crippen molar-refractivity contribution in [2.24, 2.45) is 0 Å². The number of non-ortho nitro benzene ring substituents is 1. The van der Waals surface area contributed by atoms with Crippen molar-refractivity contribution in [2.75, 3.05) is 5.32 Å². The first-order valence-electron chi connectivity index (χ1n) is 6.78. The highest BCUT2D eigenvalue weighted by atomic mass is 79.9. The fourth-order valence-electron chi connectivity index (χ4n) is 2.21. The molecule has 2 aromatic rings. The van der Waals surface area contributed by atoms with Crippen LogP contribution in [-0.4, -0.2) is 4.92 Å². The minimum absolute atomic E-state index is 0.0397. The number of nitro benzene ring substituents is 1. The second-order valence-electron chi connectivity index (χ2n) is 4.92. The van der Waals surface area contributed by atoms with Gasteiger partial charge in [-0.1, -0.05) is 41.1 Å². The minimum atomic E-state index is -0.361. The second-order valence-corrected chi connectivity index (χ2v) is 5.83. The number of halogens is 1. The monoisotopic (exact) mass is 348 g/mol. The number of benzene rings is 2. The van der Waals surface area contributed by atoms with Gasteiger partial charge in [-0.25, -0.2) is 0 Å². The number of nitrogens with zero attached hydrogens (tertiary/aromatic N) is 1. The van der Waals surface area contributed by atoms with Crippen LogP contribution in [0.5, 0.6) is 0 Å². The normalized spacial score (nSPS) is 12.0. The van der Waals surface area contributed by atoms with Crippen LogP contribution in [0.25, 0.3) is 0 Å². The van der Waals surface area contributed by atoms with Gasteiger partial charge in [-0.15, -0.1) is 0 Å². The third-order valence-corrected chi connectivity index (χ3v) is 3.91. The van der Waals surface area contributed by atoms with Crippen LogP contribution in [0.3, 0.4) is 0 Å². The Morgan fingerprint density at radius 1 is 1.29 bits per heavy atom. The van der Waals surface area contributed by atoms with Crippen LogP contribution in [0.1, 0.15) is 30.5 Å². The quantitative estimate of drug-likeness (QED) is 0.594. The molecule has 0 saturated carbocycles. The maximum Gasteiger partial charge on any atom is 0.269 e. The molecule has 1 atom stereocenters. The SMILES string of the molecule is CCC(Nc1cc(Br)ccc1C)c1cccc([N+](=O)[O-])c1. The maximum absolute atomic E-state index is 10.9. The molecule has 0 fully saturated rings.